The second-order valence-electron chi connectivity index (χ2n) is 13.4. The average Bonchev–Trinajstić information content (AvgIpc) is 2.95. The molecule has 0 spiro atoms. The Kier molecular flexibility index (Phi) is 9.48. The lowest BCUT2D eigenvalue weighted by Gasteiger charge is -2.57. The van der Waals surface area contributed by atoms with Crippen LogP contribution in [0.15, 0.2) is 48.5 Å². The Hall–Kier alpha value is -2.58. The van der Waals surface area contributed by atoms with Crippen molar-refractivity contribution in [2.24, 2.45) is 17.8 Å². The maximum absolute atomic E-state index is 14.0. The van der Waals surface area contributed by atoms with E-state index in [1.807, 2.05) is 45.0 Å². The van der Waals surface area contributed by atoms with Gasteiger partial charge in [0, 0.05) is 17.6 Å². The molecule has 2 amide bonds. The van der Waals surface area contributed by atoms with Gasteiger partial charge in [0.15, 0.2) is 0 Å². The van der Waals surface area contributed by atoms with Crippen molar-refractivity contribution in [2.45, 2.75) is 96.2 Å². The van der Waals surface area contributed by atoms with Crippen LogP contribution in [0.3, 0.4) is 0 Å². The van der Waals surface area contributed by atoms with Gasteiger partial charge in [-0.15, -0.1) is 0 Å². The van der Waals surface area contributed by atoms with Crippen LogP contribution in [0.4, 0.5) is 5.69 Å². The summed E-state index contributed by atoms with van der Waals surface area (Å²) >= 11 is 6.09. The minimum Gasteiger partial charge on any atom is -0.352 e. The van der Waals surface area contributed by atoms with Crippen molar-refractivity contribution in [2.75, 3.05) is 17.1 Å². The third-order valence-corrected chi connectivity index (χ3v) is 11.5. The highest BCUT2D eigenvalue weighted by Crippen LogP contribution is 2.60. The average molecular weight is 628 g/mol. The number of amides is 2. The van der Waals surface area contributed by atoms with Gasteiger partial charge in [0.25, 0.3) is 0 Å². The number of carbonyl (C=O) groups excluding carboxylic acids is 2. The highest BCUT2D eigenvalue weighted by molar-refractivity contribution is 7.92. The van der Waals surface area contributed by atoms with E-state index >= 15 is 0 Å². The molecule has 0 unspecified atom stereocenters. The largest absolute Gasteiger partial charge is 0.352 e. The second kappa shape index (κ2) is 12.8. The first kappa shape index (κ1) is 31.8. The Bertz CT molecular complexity index is 1370. The van der Waals surface area contributed by atoms with Gasteiger partial charge in [0.1, 0.15) is 12.6 Å². The van der Waals surface area contributed by atoms with Crippen molar-refractivity contribution in [3.05, 3.63) is 64.7 Å². The second-order valence-corrected chi connectivity index (χ2v) is 15.7. The molecule has 4 saturated carbocycles. The molecule has 0 aliphatic heterocycles. The number of benzene rings is 2. The van der Waals surface area contributed by atoms with E-state index in [0.717, 1.165) is 36.0 Å². The summed E-state index contributed by atoms with van der Waals surface area (Å²) in [6.45, 7) is 5.54. The van der Waals surface area contributed by atoms with Gasteiger partial charge in [-0.05, 0) is 117 Å². The fourth-order valence-corrected chi connectivity index (χ4v) is 9.18. The first-order valence-electron chi connectivity index (χ1n) is 15.8. The van der Waals surface area contributed by atoms with Crippen molar-refractivity contribution >= 4 is 39.1 Å². The van der Waals surface area contributed by atoms with Crippen molar-refractivity contribution in [3.63, 3.8) is 0 Å². The Labute approximate surface area is 262 Å². The van der Waals surface area contributed by atoms with E-state index in [0.29, 0.717) is 17.1 Å². The van der Waals surface area contributed by atoms with E-state index in [4.69, 9.17) is 11.6 Å². The van der Waals surface area contributed by atoms with Gasteiger partial charge < -0.3 is 10.2 Å². The Balaban J connectivity index is 1.40. The highest BCUT2D eigenvalue weighted by atomic mass is 35.5. The summed E-state index contributed by atoms with van der Waals surface area (Å²) in [7, 11) is -3.79. The lowest BCUT2D eigenvalue weighted by Crippen LogP contribution is -2.53. The molecule has 4 fully saturated rings. The molecule has 1 N–H and O–H groups in total. The Morgan fingerprint density at radius 1 is 0.930 bits per heavy atom. The van der Waals surface area contributed by atoms with Gasteiger partial charge in [0.2, 0.25) is 21.8 Å². The molecule has 0 aromatic heterocycles. The van der Waals surface area contributed by atoms with Gasteiger partial charge in [-0.1, -0.05) is 49.7 Å². The summed E-state index contributed by atoms with van der Waals surface area (Å²) in [5, 5.41) is 3.57. The molecule has 0 saturated heterocycles. The number of anilines is 1. The van der Waals surface area contributed by atoms with Gasteiger partial charge in [0.05, 0.1) is 11.9 Å². The van der Waals surface area contributed by atoms with Gasteiger partial charge in [-0.3, -0.25) is 13.9 Å². The zero-order valence-electron chi connectivity index (χ0n) is 25.9. The topological polar surface area (TPSA) is 86.8 Å². The summed E-state index contributed by atoms with van der Waals surface area (Å²) in [6, 6.07) is 14.2. The predicted octanol–water partition coefficient (Wildman–Crippen LogP) is 6.30. The van der Waals surface area contributed by atoms with Crippen molar-refractivity contribution in [1.82, 2.24) is 10.2 Å². The quantitative estimate of drug-likeness (QED) is 0.299. The number of hydrogen-bond donors (Lipinski definition) is 1. The van der Waals surface area contributed by atoms with Crippen LogP contribution in [0.1, 0.15) is 83.3 Å². The molecule has 234 valence electrons. The number of nitrogens with one attached hydrogen (secondary N) is 1. The maximum Gasteiger partial charge on any atom is 0.244 e. The molecule has 0 radical (unpaired) electrons. The molecular weight excluding hydrogens is 582 g/mol. The Morgan fingerprint density at radius 2 is 1.49 bits per heavy atom. The first-order chi connectivity index (χ1) is 20.4. The standard InChI is InChI=1S/C34H46ClN3O4S/c1-5-23(3)36-33(40)31(6-2)37(21-24-7-11-29(35)12-8-24)32(39)22-38(43(4,41)42)30-13-9-28(10-14-30)34-18-25-15-26(19-34)17-27(16-25)20-34/h7-14,23,25-27,31H,5-6,15-22H2,1-4H3,(H,36,40)/t23-,25?,26?,27?,31+,34?/m1/s1. The minimum atomic E-state index is -3.79. The zero-order valence-corrected chi connectivity index (χ0v) is 27.5. The predicted molar refractivity (Wildman–Crippen MR) is 172 cm³/mol. The first-order valence-corrected chi connectivity index (χ1v) is 18.1. The Morgan fingerprint density at radius 3 is 1.98 bits per heavy atom. The maximum atomic E-state index is 14.0. The fraction of sp³-hybridized carbons (Fsp3) is 0.588. The number of hydrogen-bond acceptors (Lipinski definition) is 4. The lowest BCUT2D eigenvalue weighted by molar-refractivity contribution is -0.140. The van der Waals surface area contributed by atoms with Crippen molar-refractivity contribution in [1.29, 1.82) is 0 Å². The molecule has 0 heterocycles. The normalized spacial score (nSPS) is 25.7. The molecule has 2 aromatic carbocycles. The van der Waals surface area contributed by atoms with E-state index in [1.165, 1.54) is 53.3 Å². The monoisotopic (exact) mass is 627 g/mol. The summed E-state index contributed by atoms with van der Waals surface area (Å²) in [5.74, 6) is 1.76. The number of nitrogens with zero attached hydrogens (tertiary/aromatic N) is 2. The van der Waals surface area contributed by atoms with Crippen LogP contribution in [0, 0.1) is 17.8 Å². The van der Waals surface area contributed by atoms with Crippen molar-refractivity contribution < 1.29 is 18.0 Å². The molecule has 2 atom stereocenters. The van der Waals surface area contributed by atoms with Crippen LogP contribution in [0.5, 0.6) is 0 Å². The summed E-state index contributed by atoms with van der Waals surface area (Å²) in [5.41, 5.74) is 2.77. The number of rotatable bonds is 12. The van der Waals surface area contributed by atoms with Crippen molar-refractivity contribution in [3.8, 4) is 0 Å². The zero-order chi connectivity index (χ0) is 30.9. The van der Waals surface area contributed by atoms with E-state index in [-0.39, 0.29) is 23.9 Å². The van der Waals surface area contributed by atoms with E-state index in [1.54, 1.807) is 12.1 Å². The smallest absolute Gasteiger partial charge is 0.244 e. The number of sulfonamides is 1. The van der Waals surface area contributed by atoms with Crippen LogP contribution in [-0.2, 0) is 31.6 Å². The lowest BCUT2D eigenvalue weighted by atomic mass is 9.48. The third kappa shape index (κ3) is 7.06. The van der Waals surface area contributed by atoms with Crippen LogP contribution >= 0.6 is 11.6 Å². The molecule has 9 heteroatoms. The van der Waals surface area contributed by atoms with Gasteiger partial charge >= 0.3 is 0 Å². The molecule has 2 aromatic rings. The van der Waals surface area contributed by atoms with Crippen LogP contribution in [0.2, 0.25) is 5.02 Å². The summed E-state index contributed by atoms with van der Waals surface area (Å²) in [6.07, 6.45) is 10.0. The van der Waals surface area contributed by atoms with E-state index in [2.05, 4.69) is 17.4 Å². The van der Waals surface area contributed by atoms with Crippen LogP contribution in [0.25, 0.3) is 0 Å². The molecular formula is C34H46ClN3O4S. The van der Waals surface area contributed by atoms with Crippen LogP contribution in [-0.4, -0.2) is 50.0 Å². The SMILES string of the molecule is CC[C@@H](C)NC(=O)[C@H](CC)N(Cc1ccc(Cl)cc1)C(=O)CN(c1ccc(C23CC4CC(CC(C4)C2)C3)cc1)S(C)(=O)=O. The number of halogens is 1. The molecule has 4 aliphatic carbocycles. The summed E-state index contributed by atoms with van der Waals surface area (Å²) < 4.78 is 27.4. The molecule has 6 rings (SSSR count). The summed E-state index contributed by atoms with van der Waals surface area (Å²) in [4.78, 5) is 28.8. The van der Waals surface area contributed by atoms with E-state index < -0.39 is 28.5 Å². The van der Waals surface area contributed by atoms with Crippen LogP contribution < -0.4 is 9.62 Å². The molecule has 4 aliphatic rings. The minimum absolute atomic E-state index is 0.0472. The molecule has 43 heavy (non-hydrogen) atoms. The molecule has 7 nitrogen and oxygen atoms in total. The third-order valence-electron chi connectivity index (χ3n) is 10.1. The van der Waals surface area contributed by atoms with Gasteiger partial charge in [-0.2, -0.15) is 0 Å². The van der Waals surface area contributed by atoms with E-state index in [9.17, 15) is 18.0 Å². The highest BCUT2D eigenvalue weighted by Gasteiger charge is 2.51. The number of carbonyl (C=O) groups is 2. The fourth-order valence-electron chi connectivity index (χ4n) is 8.21. The van der Waals surface area contributed by atoms with Gasteiger partial charge in [-0.25, -0.2) is 8.42 Å². The molecule has 4 bridgehead atoms.